The van der Waals surface area contributed by atoms with Crippen molar-refractivity contribution in [2.75, 3.05) is 25.0 Å². The zero-order valence-corrected chi connectivity index (χ0v) is 15.9. The number of aliphatic imine (C=N–C) groups is 1. The molecule has 2 N–H and O–H groups in total. The first-order chi connectivity index (χ1) is 12.8. The van der Waals surface area contributed by atoms with Gasteiger partial charge in [-0.1, -0.05) is 32.1 Å². The van der Waals surface area contributed by atoms with Gasteiger partial charge in [-0.15, -0.1) is 0 Å². The Labute approximate surface area is 156 Å². The first-order valence-corrected chi connectivity index (χ1v) is 10.4. The van der Waals surface area contributed by atoms with Crippen molar-refractivity contribution in [2.24, 2.45) is 16.8 Å². The molecule has 1 saturated heterocycles. The summed E-state index contributed by atoms with van der Waals surface area (Å²) in [6.45, 7) is 1.96. The van der Waals surface area contributed by atoms with Gasteiger partial charge in [0.2, 0.25) is 5.95 Å². The van der Waals surface area contributed by atoms with Gasteiger partial charge in [0.15, 0.2) is 5.96 Å². The number of rotatable bonds is 4. The summed E-state index contributed by atoms with van der Waals surface area (Å²) >= 11 is 0. The highest BCUT2D eigenvalue weighted by molar-refractivity contribution is 5.80. The molecule has 3 unspecified atom stereocenters. The Hall–Kier alpha value is -1.85. The summed E-state index contributed by atoms with van der Waals surface area (Å²) in [7, 11) is 1.88. The van der Waals surface area contributed by atoms with Crippen LogP contribution >= 0.6 is 0 Å². The Bertz CT molecular complexity index is 598. The number of aromatic nitrogens is 2. The SMILES string of the molecule is CN=C(NC1CCCN(c2ncccn2)C1)NC1CC1C1CCCCC1. The minimum absolute atomic E-state index is 0.394. The van der Waals surface area contributed by atoms with E-state index in [0.717, 1.165) is 43.3 Å². The first-order valence-electron chi connectivity index (χ1n) is 10.4. The molecule has 1 aromatic rings. The van der Waals surface area contributed by atoms with Crippen LogP contribution in [0.2, 0.25) is 0 Å². The van der Waals surface area contributed by atoms with Gasteiger partial charge in [-0.3, -0.25) is 4.99 Å². The second-order valence-corrected chi connectivity index (χ2v) is 8.10. The maximum absolute atomic E-state index is 4.48. The van der Waals surface area contributed by atoms with E-state index in [-0.39, 0.29) is 0 Å². The van der Waals surface area contributed by atoms with Crippen molar-refractivity contribution in [1.29, 1.82) is 0 Å². The molecule has 3 fully saturated rings. The molecule has 1 aliphatic heterocycles. The van der Waals surface area contributed by atoms with Crippen molar-refractivity contribution in [2.45, 2.75) is 63.5 Å². The number of nitrogens with zero attached hydrogens (tertiary/aromatic N) is 4. The third-order valence-corrected chi connectivity index (χ3v) is 6.24. The van der Waals surface area contributed by atoms with E-state index < -0.39 is 0 Å². The molecule has 26 heavy (non-hydrogen) atoms. The number of guanidine groups is 1. The maximum Gasteiger partial charge on any atom is 0.225 e. The van der Waals surface area contributed by atoms with Crippen molar-refractivity contribution >= 4 is 11.9 Å². The maximum atomic E-state index is 4.48. The fraction of sp³-hybridized carbons (Fsp3) is 0.750. The average Bonchev–Trinajstić information content (AvgIpc) is 3.48. The lowest BCUT2D eigenvalue weighted by Gasteiger charge is -2.34. The van der Waals surface area contributed by atoms with E-state index >= 15 is 0 Å². The normalized spacial score (nSPS) is 30.1. The molecule has 2 heterocycles. The van der Waals surface area contributed by atoms with Crippen LogP contribution in [-0.4, -0.2) is 48.1 Å². The van der Waals surface area contributed by atoms with E-state index in [9.17, 15) is 0 Å². The summed E-state index contributed by atoms with van der Waals surface area (Å²) in [5, 5.41) is 7.32. The van der Waals surface area contributed by atoms with Crippen LogP contribution in [0.5, 0.6) is 0 Å². The van der Waals surface area contributed by atoms with Gasteiger partial charge in [-0.05, 0) is 37.2 Å². The number of anilines is 1. The summed E-state index contributed by atoms with van der Waals surface area (Å²) in [6, 6.07) is 2.89. The van der Waals surface area contributed by atoms with Gasteiger partial charge in [0.05, 0.1) is 0 Å². The highest BCUT2D eigenvalue weighted by Crippen LogP contribution is 2.44. The molecule has 2 aliphatic carbocycles. The van der Waals surface area contributed by atoms with Crippen molar-refractivity contribution in [1.82, 2.24) is 20.6 Å². The lowest BCUT2D eigenvalue weighted by molar-refractivity contribution is 0.315. The smallest absolute Gasteiger partial charge is 0.225 e. The molecule has 0 bridgehead atoms. The molecule has 2 saturated carbocycles. The summed E-state index contributed by atoms with van der Waals surface area (Å²) in [6.07, 6.45) is 14.4. The largest absolute Gasteiger partial charge is 0.353 e. The Morgan fingerprint density at radius 1 is 1.08 bits per heavy atom. The van der Waals surface area contributed by atoms with E-state index in [1.54, 1.807) is 0 Å². The lowest BCUT2D eigenvalue weighted by Crippen LogP contribution is -2.52. The highest BCUT2D eigenvalue weighted by Gasteiger charge is 2.43. The van der Waals surface area contributed by atoms with Crippen molar-refractivity contribution in [3.8, 4) is 0 Å². The van der Waals surface area contributed by atoms with Gasteiger partial charge >= 0.3 is 0 Å². The van der Waals surface area contributed by atoms with Gasteiger partial charge in [-0.25, -0.2) is 9.97 Å². The predicted molar refractivity (Wildman–Crippen MR) is 105 cm³/mol. The van der Waals surface area contributed by atoms with Crippen LogP contribution < -0.4 is 15.5 Å². The topological polar surface area (TPSA) is 65.4 Å². The summed E-state index contributed by atoms with van der Waals surface area (Å²) in [4.78, 5) is 15.6. The lowest BCUT2D eigenvalue weighted by atomic mass is 9.85. The van der Waals surface area contributed by atoms with Crippen molar-refractivity contribution in [3.63, 3.8) is 0 Å². The number of hydrogen-bond donors (Lipinski definition) is 2. The molecule has 6 heteroatoms. The number of piperidine rings is 1. The Balaban J connectivity index is 1.27. The number of hydrogen-bond acceptors (Lipinski definition) is 4. The predicted octanol–water partition coefficient (Wildman–Crippen LogP) is 2.58. The fourth-order valence-electron chi connectivity index (χ4n) is 4.73. The molecule has 3 aliphatic rings. The van der Waals surface area contributed by atoms with Crippen LogP contribution in [-0.2, 0) is 0 Å². The standard InChI is InChI=1S/C20H32N6/c1-21-19(25-18-13-17(18)15-7-3-2-4-8-15)24-16-9-5-12-26(14-16)20-22-10-6-11-23-20/h6,10-11,15-18H,2-5,7-9,12-14H2,1H3,(H2,21,24,25). The molecule has 3 atom stereocenters. The molecule has 0 amide bonds. The molecular weight excluding hydrogens is 324 g/mol. The van der Waals surface area contributed by atoms with Gasteiger partial charge in [0.25, 0.3) is 0 Å². The van der Waals surface area contributed by atoms with E-state index in [2.05, 4.69) is 30.5 Å². The Morgan fingerprint density at radius 2 is 1.88 bits per heavy atom. The monoisotopic (exact) mass is 356 g/mol. The van der Waals surface area contributed by atoms with Crippen molar-refractivity contribution < 1.29 is 0 Å². The highest BCUT2D eigenvalue weighted by atomic mass is 15.3. The van der Waals surface area contributed by atoms with E-state index in [4.69, 9.17) is 0 Å². The number of nitrogens with one attached hydrogen (secondary N) is 2. The third-order valence-electron chi connectivity index (χ3n) is 6.24. The Kier molecular flexibility index (Phi) is 5.56. The quantitative estimate of drug-likeness (QED) is 0.641. The third kappa shape index (κ3) is 4.27. The van der Waals surface area contributed by atoms with Gasteiger partial charge in [0.1, 0.15) is 0 Å². The molecule has 0 aromatic carbocycles. The molecule has 4 rings (SSSR count). The van der Waals surface area contributed by atoms with Crippen LogP contribution in [0.1, 0.15) is 51.4 Å². The van der Waals surface area contributed by atoms with Crippen molar-refractivity contribution in [3.05, 3.63) is 18.5 Å². The summed E-state index contributed by atoms with van der Waals surface area (Å²) < 4.78 is 0. The second-order valence-electron chi connectivity index (χ2n) is 8.10. The minimum Gasteiger partial charge on any atom is -0.353 e. The minimum atomic E-state index is 0.394. The first kappa shape index (κ1) is 17.6. The van der Waals surface area contributed by atoms with E-state index in [1.807, 2.05) is 25.5 Å². The molecular formula is C20H32N6. The zero-order valence-electron chi connectivity index (χ0n) is 15.9. The summed E-state index contributed by atoms with van der Waals surface area (Å²) in [5.41, 5.74) is 0. The van der Waals surface area contributed by atoms with Gasteiger partial charge in [0, 0.05) is 44.6 Å². The van der Waals surface area contributed by atoms with Gasteiger partial charge in [-0.2, -0.15) is 0 Å². The van der Waals surface area contributed by atoms with E-state index in [0.29, 0.717) is 12.1 Å². The second kappa shape index (κ2) is 8.23. The fourth-order valence-corrected chi connectivity index (χ4v) is 4.73. The Morgan fingerprint density at radius 3 is 2.65 bits per heavy atom. The average molecular weight is 357 g/mol. The van der Waals surface area contributed by atoms with Crippen LogP contribution in [0.25, 0.3) is 0 Å². The van der Waals surface area contributed by atoms with Crippen LogP contribution in [0.4, 0.5) is 5.95 Å². The van der Waals surface area contributed by atoms with Crippen LogP contribution in [0.3, 0.4) is 0 Å². The summed E-state index contributed by atoms with van der Waals surface area (Å²) in [5.74, 6) is 3.62. The molecule has 6 nitrogen and oxygen atoms in total. The molecule has 1 aromatic heterocycles. The van der Waals surface area contributed by atoms with Crippen LogP contribution in [0, 0.1) is 11.8 Å². The van der Waals surface area contributed by atoms with Crippen LogP contribution in [0.15, 0.2) is 23.5 Å². The van der Waals surface area contributed by atoms with Gasteiger partial charge < -0.3 is 15.5 Å². The zero-order chi connectivity index (χ0) is 17.8. The molecule has 142 valence electrons. The molecule has 0 radical (unpaired) electrons. The van der Waals surface area contributed by atoms with E-state index in [1.165, 1.54) is 44.9 Å². The molecule has 0 spiro atoms.